The van der Waals surface area contributed by atoms with E-state index in [9.17, 15) is 9.59 Å². The lowest BCUT2D eigenvalue weighted by Gasteiger charge is -2.33. The van der Waals surface area contributed by atoms with Crippen LogP contribution < -0.4 is 10.1 Å². The number of thioether (sulfide) groups is 1. The van der Waals surface area contributed by atoms with Crippen molar-refractivity contribution in [3.05, 3.63) is 47.6 Å². The van der Waals surface area contributed by atoms with Gasteiger partial charge >= 0.3 is 0 Å². The number of aromatic nitrogens is 1. The summed E-state index contributed by atoms with van der Waals surface area (Å²) in [5, 5.41) is 3.10. The van der Waals surface area contributed by atoms with Crippen LogP contribution in [0.5, 0.6) is 5.75 Å². The van der Waals surface area contributed by atoms with Gasteiger partial charge in [0, 0.05) is 24.2 Å². The van der Waals surface area contributed by atoms with Crippen LogP contribution in [-0.4, -0.2) is 47.1 Å². The van der Waals surface area contributed by atoms with Gasteiger partial charge in [0.25, 0.3) is 0 Å². The molecule has 0 bridgehead atoms. The molecule has 8 heteroatoms. The zero-order valence-corrected chi connectivity index (χ0v) is 18.0. The maximum atomic E-state index is 12.9. The SMILES string of the molecule is COc1ccc(SC(C)C(=O)N2CCCC(C(=O)Nc3ccc(Cl)cn3)C2)cc1. The summed E-state index contributed by atoms with van der Waals surface area (Å²) in [5.41, 5.74) is 0. The highest BCUT2D eigenvalue weighted by Crippen LogP contribution is 2.28. The summed E-state index contributed by atoms with van der Waals surface area (Å²) in [7, 11) is 1.63. The van der Waals surface area contributed by atoms with Crippen molar-refractivity contribution < 1.29 is 14.3 Å². The molecule has 0 saturated carbocycles. The molecule has 6 nitrogen and oxygen atoms in total. The minimum atomic E-state index is -0.247. The number of hydrogen-bond acceptors (Lipinski definition) is 5. The van der Waals surface area contributed by atoms with E-state index in [1.807, 2.05) is 31.2 Å². The molecular weight excluding hydrogens is 410 g/mol. The van der Waals surface area contributed by atoms with Gasteiger partial charge in [-0.15, -0.1) is 11.8 Å². The maximum absolute atomic E-state index is 12.9. The molecule has 1 aromatic heterocycles. The number of piperidine rings is 1. The van der Waals surface area contributed by atoms with E-state index in [0.717, 1.165) is 23.5 Å². The average Bonchev–Trinajstić information content (AvgIpc) is 2.75. The lowest BCUT2D eigenvalue weighted by molar-refractivity contribution is -0.133. The maximum Gasteiger partial charge on any atom is 0.235 e. The number of anilines is 1. The topological polar surface area (TPSA) is 71.5 Å². The van der Waals surface area contributed by atoms with E-state index in [0.29, 0.717) is 23.9 Å². The van der Waals surface area contributed by atoms with Gasteiger partial charge in [0.2, 0.25) is 11.8 Å². The smallest absolute Gasteiger partial charge is 0.235 e. The number of hydrogen-bond donors (Lipinski definition) is 1. The zero-order valence-electron chi connectivity index (χ0n) is 16.4. The summed E-state index contributed by atoms with van der Waals surface area (Å²) in [6.07, 6.45) is 3.05. The highest BCUT2D eigenvalue weighted by Gasteiger charge is 2.31. The van der Waals surface area contributed by atoms with Crippen LogP contribution >= 0.6 is 23.4 Å². The van der Waals surface area contributed by atoms with Crippen LogP contribution in [-0.2, 0) is 9.59 Å². The Morgan fingerprint density at radius 1 is 1.28 bits per heavy atom. The molecular formula is C21H24ClN3O3S. The van der Waals surface area contributed by atoms with Gasteiger partial charge < -0.3 is 15.0 Å². The van der Waals surface area contributed by atoms with E-state index in [4.69, 9.17) is 16.3 Å². The van der Waals surface area contributed by atoms with Gasteiger partial charge in [0.1, 0.15) is 11.6 Å². The van der Waals surface area contributed by atoms with Crippen LogP contribution in [0, 0.1) is 5.92 Å². The molecule has 2 heterocycles. The van der Waals surface area contributed by atoms with Crippen molar-refractivity contribution >= 4 is 41.0 Å². The van der Waals surface area contributed by atoms with Gasteiger partial charge in [-0.2, -0.15) is 0 Å². The number of carbonyl (C=O) groups is 2. The summed E-state index contributed by atoms with van der Waals surface area (Å²) in [4.78, 5) is 32.4. The van der Waals surface area contributed by atoms with Gasteiger partial charge in [-0.1, -0.05) is 11.6 Å². The van der Waals surface area contributed by atoms with Gasteiger partial charge in [-0.25, -0.2) is 4.98 Å². The van der Waals surface area contributed by atoms with Crippen LogP contribution in [0.3, 0.4) is 0 Å². The summed E-state index contributed by atoms with van der Waals surface area (Å²) < 4.78 is 5.17. The fourth-order valence-electron chi connectivity index (χ4n) is 3.24. The van der Waals surface area contributed by atoms with Gasteiger partial charge in [-0.3, -0.25) is 9.59 Å². The quantitative estimate of drug-likeness (QED) is 0.694. The van der Waals surface area contributed by atoms with Crippen molar-refractivity contribution in [3.63, 3.8) is 0 Å². The number of rotatable bonds is 6. The first-order chi connectivity index (χ1) is 14.0. The molecule has 2 amide bonds. The molecule has 1 fully saturated rings. The highest BCUT2D eigenvalue weighted by molar-refractivity contribution is 8.00. The molecule has 0 spiro atoms. The molecule has 1 N–H and O–H groups in total. The third-order valence-electron chi connectivity index (χ3n) is 4.80. The van der Waals surface area contributed by atoms with Crippen LogP contribution in [0.2, 0.25) is 5.02 Å². The second-order valence-electron chi connectivity index (χ2n) is 6.91. The van der Waals surface area contributed by atoms with Crippen LogP contribution in [0.1, 0.15) is 19.8 Å². The number of likely N-dealkylation sites (tertiary alicyclic amines) is 1. The Kier molecular flexibility index (Phi) is 7.39. The standard InChI is InChI=1S/C21H24ClN3O3S/c1-14(29-18-8-6-17(28-2)7-9-18)21(27)25-11-3-4-15(13-25)20(26)24-19-10-5-16(22)12-23-19/h5-10,12,14-15H,3-4,11,13H2,1-2H3,(H,23,24,26). The molecule has 1 aliphatic heterocycles. The second-order valence-corrected chi connectivity index (χ2v) is 8.76. The van der Waals surface area contributed by atoms with Crippen molar-refractivity contribution in [2.75, 3.05) is 25.5 Å². The Morgan fingerprint density at radius 2 is 2.03 bits per heavy atom. The predicted octanol–water partition coefficient (Wildman–Crippen LogP) is 4.10. The van der Waals surface area contributed by atoms with Crippen LogP contribution in [0.15, 0.2) is 47.5 Å². The Morgan fingerprint density at radius 3 is 2.69 bits per heavy atom. The molecule has 2 atom stereocenters. The third-order valence-corrected chi connectivity index (χ3v) is 6.13. The summed E-state index contributed by atoms with van der Waals surface area (Å²) in [5.74, 6) is 0.934. The van der Waals surface area contributed by atoms with Crippen molar-refractivity contribution in [2.24, 2.45) is 5.92 Å². The zero-order chi connectivity index (χ0) is 20.8. The Balaban J connectivity index is 1.56. The first-order valence-corrected chi connectivity index (χ1v) is 10.7. The van der Waals surface area contributed by atoms with Crippen molar-refractivity contribution in [1.82, 2.24) is 9.88 Å². The number of carbonyl (C=O) groups excluding carboxylic acids is 2. The summed E-state index contributed by atoms with van der Waals surface area (Å²) in [6, 6.07) is 11.0. The van der Waals surface area contributed by atoms with Gasteiger partial charge in [-0.05, 0) is 56.2 Å². The van der Waals surface area contributed by atoms with E-state index < -0.39 is 0 Å². The number of benzene rings is 1. The fraction of sp³-hybridized carbons (Fsp3) is 0.381. The molecule has 3 rings (SSSR count). The molecule has 2 unspecified atom stereocenters. The molecule has 154 valence electrons. The number of amides is 2. The molecule has 29 heavy (non-hydrogen) atoms. The van der Waals surface area contributed by atoms with E-state index in [-0.39, 0.29) is 23.0 Å². The molecule has 1 aromatic carbocycles. The van der Waals surface area contributed by atoms with E-state index >= 15 is 0 Å². The van der Waals surface area contributed by atoms with Gasteiger partial charge in [0.05, 0.1) is 23.3 Å². The molecule has 1 saturated heterocycles. The van der Waals surface area contributed by atoms with E-state index in [1.165, 1.54) is 18.0 Å². The number of pyridine rings is 1. The van der Waals surface area contributed by atoms with E-state index in [2.05, 4.69) is 10.3 Å². The Hall–Kier alpha value is -2.25. The van der Waals surface area contributed by atoms with Crippen LogP contribution in [0.25, 0.3) is 0 Å². The van der Waals surface area contributed by atoms with Crippen molar-refractivity contribution in [3.8, 4) is 5.75 Å². The number of nitrogens with zero attached hydrogens (tertiary/aromatic N) is 2. The first kappa shape index (κ1) is 21.5. The molecule has 1 aliphatic rings. The number of nitrogens with one attached hydrogen (secondary N) is 1. The molecule has 2 aromatic rings. The first-order valence-electron chi connectivity index (χ1n) is 9.48. The van der Waals surface area contributed by atoms with Crippen molar-refractivity contribution in [2.45, 2.75) is 29.9 Å². The Bertz CT molecular complexity index is 845. The van der Waals surface area contributed by atoms with Gasteiger partial charge in [0.15, 0.2) is 0 Å². The average molecular weight is 434 g/mol. The predicted molar refractivity (Wildman–Crippen MR) is 115 cm³/mol. The Labute approximate surface area is 180 Å². The largest absolute Gasteiger partial charge is 0.497 e. The highest BCUT2D eigenvalue weighted by atomic mass is 35.5. The minimum Gasteiger partial charge on any atom is -0.497 e. The van der Waals surface area contributed by atoms with E-state index in [1.54, 1.807) is 24.1 Å². The number of ether oxygens (including phenoxy) is 1. The summed E-state index contributed by atoms with van der Waals surface area (Å²) in [6.45, 7) is 3.00. The number of halogens is 1. The molecule has 0 aliphatic carbocycles. The van der Waals surface area contributed by atoms with Crippen molar-refractivity contribution in [1.29, 1.82) is 0 Å². The van der Waals surface area contributed by atoms with Crippen LogP contribution in [0.4, 0.5) is 5.82 Å². The minimum absolute atomic E-state index is 0.0490. The summed E-state index contributed by atoms with van der Waals surface area (Å²) >= 11 is 7.33. The number of methoxy groups -OCH3 is 1. The fourth-order valence-corrected chi connectivity index (χ4v) is 4.30. The molecule has 0 radical (unpaired) electrons. The monoisotopic (exact) mass is 433 g/mol. The lowest BCUT2D eigenvalue weighted by atomic mass is 9.97. The second kappa shape index (κ2) is 9.98. The lowest BCUT2D eigenvalue weighted by Crippen LogP contribution is -2.46. The third kappa shape index (κ3) is 5.87. The normalized spacial score (nSPS) is 17.5.